The molecule has 0 amide bonds. The maximum absolute atomic E-state index is 6.33. The summed E-state index contributed by atoms with van der Waals surface area (Å²) in [5.74, 6) is 0. The number of nitrogens with zero attached hydrogens (tertiary/aromatic N) is 3. The molecule has 0 saturated carbocycles. The molecule has 19 heavy (non-hydrogen) atoms. The molecule has 3 rings (SSSR count). The van der Waals surface area contributed by atoms with Gasteiger partial charge in [0.05, 0.1) is 11.4 Å². The third kappa shape index (κ3) is 2.24. The normalized spacial score (nSPS) is 17.0. The number of benzene rings is 1. The molecule has 4 heteroatoms. The molecule has 2 N–H and O–H groups in total. The van der Waals surface area contributed by atoms with Crippen molar-refractivity contribution in [2.45, 2.75) is 6.92 Å². The lowest BCUT2D eigenvalue weighted by Crippen LogP contribution is -2.46. The van der Waals surface area contributed by atoms with Gasteiger partial charge in [-0.1, -0.05) is 13.0 Å². The van der Waals surface area contributed by atoms with Crippen molar-refractivity contribution in [1.29, 1.82) is 0 Å². The van der Waals surface area contributed by atoms with Crippen LogP contribution in [0, 0.1) is 0 Å². The Kier molecular flexibility index (Phi) is 3.25. The predicted octanol–water partition coefficient (Wildman–Crippen LogP) is 1.96. The molecule has 4 nitrogen and oxygen atoms in total. The molecule has 1 aliphatic heterocycles. The summed E-state index contributed by atoms with van der Waals surface area (Å²) < 4.78 is 0. The summed E-state index contributed by atoms with van der Waals surface area (Å²) in [6.45, 7) is 7.68. The number of anilines is 2. The van der Waals surface area contributed by atoms with Gasteiger partial charge in [0.1, 0.15) is 0 Å². The average molecular weight is 256 g/mol. The Balaban J connectivity index is 1.91. The fourth-order valence-corrected chi connectivity index (χ4v) is 2.76. The number of piperazine rings is 1. The molecule has 2 aromatic rings. The van der Waals surface area contributed by atoms with Crippen molar-refractivity contribution >= 4 is 22.1 Å². The van der Waals surface area contributed by atoms with Crippen LogP contribution in [-0.4, -0.2) is 42.6 Å². The van der Waals surface area contributed by atoms with Crippen molar-refractivity contribution in [3.63, 3.8) is 0 Å². The van der Waals surface area contributed by atoms with E-state index < -0.39 is 0 Å². The van der Waals surface area contributed by atoms with Crippen LogP contribution in [0.5, 0.6) is 0 Å². The number of nitrogen functional groups attached to an aromatic ring is 1. The van der Waals surface area contributed by atoms with Gasteiger partial charge in [-0.05, 0) is 18.7 Å². The summed E-state index contributed by atoms with van der Waals surface area (Å²) >= 11 is 0. The Labute approximate surface area is 113 Å². The molecule has 0 aliphatic carbocycles. The van der Waals surface area contributed by atoms with Gasteiger partial charge in [-0.25, -0.2) is 0 Å². The van der Waals surface area contributed by atoms with Gasteiger partial charge in [-0.2, -0.15) is 0 Å². The smallest absolute Gasteiger partial charge is 0.0632 e. The zero-order valence-electron chi connectivity index (χ0n) is 11.3. The molecule has 1 aromatic heterocycles. The van der Waals surface area contributed by atoms with E-state index in [4.69, 9.17) is 5.73 Å². The molecule has 0 spiro atoms. The molecule has 100 valence electrons. The van der Waals surface area contributed by atoms with Crippen LogP contribution < -0.4 is 10.6 Å². The lowest BCUT2D eigenvalue weighted by Gasteiger charge is -2.36. The van der Waals surface area contributed by atoms with E-state index >= 15 is 0 Å². The number of fused-ring (bicyclic) bond motifs is 1. The first kappa shape index (κ1) is 12.2. The first-order chi connectivity index (χ1) is 9.29. The zero-order valence-corrected chi connectivity index (χ0v) is 11.3. The zero-order chi connectivity index (χ0) is 13.2. The van der Waals surface area contributed by atoms with Gasteiger partial charge in [-0.3, -0.25) is 4.98 Å². The number of likely N-dealkylation sites (N-methyl/N-ethyl adjacent to an activating group) is 1. The molecular weight excluding hydrogens is 236 g/mol. The van der Waals surface area contributed by atoms with E-state index in [2.05, 4.69) is 33.8 Å². The second-order valence-electron chi connectivity index (χ2n) is 5.02. The topological polar surface area (TPSA) is 45.4 Å². The van der Waals surface area contributed by atoms with Gasteiger partial charge in [-0.15, -0.1) is 0 Å². The van der Waals surface area contributed by atoms with Crippen molar-refractivity contribution in [3.05, 3.63) is 30.6 Å². The number of rotatable bonds is 2. The van der Waals surface area contributed by atoms with Crippen LogP contribution in [-0.2, 0) is 0 Å². The van der Waals surface area contributed by atoms with Crippen LogP contribution in [0.1, 0.15) is 6.92 Å². The van der Waals surface area contributed by atoms with Crippen molar-refractivity contribution in [2.24, 2.45) is 0 Å². The number of nitrogens with two attached hydrogens (primary N) is 1. The van der Waals surface area contributed by atoms with E-state index in [9.17, 15) is 0 Å². The fraction of sp³-hybridized carbons (Fsp3) is 0.400. The maximum Gasteiger partial charge on any atom is 0.0632 e. The van der Waals surface area contributed by atoms with E-state index in [1.165, 1.54) is 0 Å². The summed E-state index contributed by atoms with van der Waals surface area (Å²) in [5.41, 5.74) is 8.37. The van der Waals surface area contributed by atoms with Crippen molar-refractivity contribution in [1.82, 2.24) is 9.88 Å². The van der Waals surface area contributed by atoms with Gasteiger partial charge in [0.15, 0.2) is 0 Å². The summed E-state index contributed by atoms with van der Waals surface area (Å²) in [5, 5.41) is 2.21. The predicted molar refractivity (Wildman–Crippen MR) is 80.5 cm³/mol. The molecule has 1 aliphatic rings. The summed E-state index contributed by atoms with van der Waals surface area (Å²) in [4.78, 5) is 9.00. The quantitative estimate of drug-likeness (QED) is 0.834. The van der Waals surface area contributed by atoms with Gasteiger partial charge in [0.2, 0.25) is 0 Å². The van der Waals surface area contributed by atoms with Crippen molar-refractivity contribution in [3.8, 4) is 0 Å². The summed E-state index contributed by atoms with van der Waals surface area (Å²) in [7, 11) is 0. The maximum atomic E-state index is 6.33. The van der Waals surface area contributed by atoms with E-state index in [-0.39, 0.29) is 0 Å². The number of hydrogen-bond acceptors (Lipinski definition) is 4. The third-order valence-electron chi connectivity index (χ3n) is 4.00. The molecule has 0 atom stereocenters. The largest absolute Gasteiger partial charge is 0.397 e. The highest BCUT2D eigenvalue weighted by atomic mass is 15.3. The Morgan fingerprint density at radius 2 is 1.95 bits per heavy atom. The highest BCUT2D eigenvalue weighted by Crippen LogP contribution is 2.31. The van der Waals surface area contributed by atoms with Gasteiger partial charge in [0, 0.05) is 49.3 Å². The summed E-state index contributed by atoms with van der Waals surface area (Å²) in [6, 6.07) is 6.23. The second kappa shape index (κ2) is 5.05. The molecule has 0 radical (unpaired) electrons. The van der Waals surface area contributed by atoms with Gasteiger partial charge >= 0.3 is 0 Å². The van der Waals surface area contributed by atoms with Crippen LogP contribution in [0.15, 0.2) is 30.6 Å². The lowest BCUT2D eigenvalue weighted by molar-refractivity contribution is 0.271. The monoisotopic (exact) mass is 256 g/mol. The molecule has 1 fully saturated rings. The fourth-order valence-electron chi connectivity index (χ4n) is 2.76. The van der Waals surface area contributed by atoms with E-state index in [0.717, 1.165) is 54.9 Å². The third-order valence-corrected chi connectivity index (χ3v) is 4.00. The first-order valence-electron chi connectivity index (χ1n) is 6.89. The van der Waals surface area contributed by atoms with E-state index in [1.54, 1.807) is 6.20 Å². The van der Waals surface area contributed by atoms with Crippen LogP contribution >= 0.6 is 0 Å². The highest BCUT2D eigenvalue weighted by Gasteiger charge is 2.18. The SMILES string of the molecule is CCN1CCN(c2ccc3cnccc3c2N)CC1. The molecule has 0 bridgehead atoms. The molecule has 2 heterocycles. The first-order valence-corrected chi connectivity index (χ1v) is 6.89. The lowest BCUT2D eigenvalue weighted by atomic mass is 10.1. The minimum absolute atomic E-state index is 0.879. The standard InChI is InChI=1S/C15H20N4/c1-2-18-7-9-19(10-8-18)14-4-3-12-11-17-6-5-13(12)15(14)16/h3-6,11H,2,7-10,16H2,1H3. The van der Waals surface area contributed by atoms with Gasteiger partial charge < -0.3 is 15.5 Å². The summed E-state index contributed by atoms with van der Waals surface area (Å²) in [6.07, 6.45) is 3.67. The molecule has 1 aromatic carbocycles. The minimum Gasteiger partial charge on any atom is -0.397 e. The Morgan fingerprint density at radius 3 is 2.68 bits per heavy atom. The average Bonchev–Trinajstić information content (AvgIpc) is 2.48. The second-order valence-corrected chi connectivity index (χ2v) is 5.02. The molecule has 1 saturated heterocycles. The van der Waals surface area contributed by atoms with Crippen molar-refractivity contribution in [2.75, 3.05) is 43.4 Å². The minimum atomic E-state index is 0.879. The van der Waals surface area contributed by atoms with Crippen molar-refractivity contribution < 1.29 is 0 Å². The Hall–Kier alpha value is -1.81. The van der Waals surface area contributed by atoms with E-state index in [0.29, 0.717) is 0 Å². The molecule has 0 unspecified atom stereocenters. The van der Waals surface area contributed by atoms with Gasteiger partial charge in [0.25, 0.3) is 0 Å². The Bertz CT molecular complexity index is 573. The molecular formula is C15H20N4. The van der Waals surface area contributed by atoms with Crippen LogP contribution in [0.3, 0.4) is 0 Å². The van der Waals surface area contributed by atoms with Crippen LogP contribution in [0.4, 0.5) is 11.4 Å². The van der Waals surface area contributed by atoms with E-state index in [1.807, 2.05) is 12.3 Å². The van der Waals surface area contributed by atoms with Crippen LogP contribution in [0.2, 0.25) is 0 Å². The Morgan fingerprint density at radius 1 is 1.16 bits per heavy atom. The number of hydrogen-bond donors (Lipinski definition) is 1. The van der Waals surface area contributed by atoms with Crippen LogP contribution in [0.25, 0.3) is 10.8 Å². The highest BCUT2D eigenvalue weighted by molar-refractivity contribution is 5.98. The number of aromatic nitrogens is 1. The number of pyridine rings is 1.